The number of hydrogen-bond acceptors (Lipinski definition) is 2. The van der Waals surface area contributed by atoms with Crippen molar-refractivity contribution in [1.29, 1.82) is 0 Å². The normalized spacial score (nSPS) is 21.9. The summed E-state index contributed by atoms with van der Waals surface area (Å²) in [4.78, 5) is 12.5. The molecule has 0 heterocycles. The molecule has 2 nitrogen and oxygen atoms in total. The highest BCUT2D eigenvalue weighted by Crippen LogP contribution is 2.49. The monoisotopic (exact) mass is 258 g/mol. The fraction of sp³-hybridized carbons (Fsp3) is 0.588. The Kier molecular flexibility index (Phi) is 3.34. The SMILES string of the molecule is Cc1cccc(C2(C(=O)OC3CCCCC3)CC2)c1. The molecule has 19 heavy (non-hydrogen) atoms. The van der Waals surface area contributed by atoms with Gasteiger partial charge in [-0.2, -0.15) is 0 Å². The van der Waals surface area contributed by atoms with Crippen molar-refractivity contribution < 1.29 is 9.53 Å². The first-order valence-electron chi connectivity index (χ1n) is 7.49. The molecule has 0 atom stereocenters. The first kappa shape index (κ1) is 12.7. The van der Waals surface area contributed by atoms with Crippen LogP contribution in [-0.4, -0.2) is 12.1 Å². The number of rotatable bonds is 3. The number of aryl methyl sites for hydroxylation is 1. The number of esters is 1. The Morgan fingerprint density at radius 2 is 1.95 bits per heavy atom. The van der Waals surface area contributed by atoms with E-state index in [0.717, 1.165) is 31.2 Å². The second kappa shape index (κ2) is 4.99. The van der Waals surface area contributed by atoms with Crippen LogP contribution in [-0.2, 0) is 14.9 Å². The van der Waals surface area contributed by atoms with Crippen molar-refractivity contribution in [2.75, 3.05) is 0 Å². The van der Waals surface area contributed by atoms with Crippen molar-refractivity contribution in [1.82, 2.24) is 0 Å². The minimum absolute atomic E-state index is 0.0185. The predicted octanol–water partition coefficient (Wildman–Crippen LogP) is 3.90. The van der Waals surface area contributed by atoms with E-state index in [1.807, 2.05) is 6.07 Å². The number of benzene rings is 1. The third-order valence-electron chi connectivity index (χ3n) is 4.54. The fourth-order valence-corrected chi connectivity index (χ4v) is 3.13. The molecule has 0 amide bonds. The molecule has 2 fully saturated rings. The van der Waals surface area contributed by atoms with Gasteiger partial charge in [0, 0.05) is 0 Å². The second-order valence-electron chi connectivity index (χ2n) is 6.12. The zero-order valence-electron chi connectivity index (χ0n) is 11.7. The van der Waals surface area contributed by atoms with Crippen LogP contribution in [0.15, 0.2) is 24.3 Å². The zero-order valence-corrected chi connectivity index (χ0v) is 11.7. The second-order valence-corrected chi connectivity index (χ2v) is 6.12. The summed E-state index contributed by atoms with van der Waals surface area (Å²) in [5.74, 6) is 0.0185. The van der Waals surface area contributed by atoms with Gasteiger partial charge in [-0.25, -0.2) is 0 Å². The number of ether oxygens (including phenoxy) is 1. The Hall–Kier alpha value is -1.31. The van der Waals surface area contributed by atoms with Crippen molar-refractivity contribution in [3.05, 3.63) is 35.4 Å². The quantitative estimate of drug-likeness (QED) is 0.768. The molecule has 1 aromatic rings. The van der Waals surface area contributed by atoms with Crippen molar-refractivity contribution in [3.63, 3.8) is 0 Å². The van der Waals surface area contributed by atoms with Gasteiger partial charge in [-0.1, -0.05) is 36.2 Å². The van der Waals surface area contributed by atoms with Gasteiger partial charge in [-0.3, -0.25) is 4.79 Å². The summed E-state index contributed by atoms with van der Waals surface area (Å²) in [7, 11) is 0. The maximum Gasteiger partial charge on any atom is 0.316 e. The first-order chi connectivity index (χ1) is 9.21. The van der Waals surface area contributed by atoms with Crippen LogP contribution in [0.4, 0.5) is 0 Å². The molecule has 2 aliphatic carbocycles. The molecule has 0 radical (unpaired) electrons. The fourth-order valence-electron chi connectivity index (χ4n) is 3.13. The van der Waals surface area contributed by atoms with Gasteiger partial charge >= 0.3 is 5.97 Å². The molecule has 0 aromatic heterocycles. The van der Waals surface area contributed by atoms with Crippen molar-refractivity contribution in [3.8, 4) is 0 Å². The predicted molar refractivity (Wildman–Crippen MR) is 75.1 cm³/mol. The Morgan fingerprint density at radius 3 is 2.58 bits per heavy atom. The molecule has 0 aliphatic heterocycles. The van der Waals surface area contributed by atoms with E-state index in [0.29, 0.717) is 0 Å². The van der Waals surface area contributed by atoms with Gasteiger partial charge in [-0.05, 0) is 51.0 Å². The molecule has 0 saturated heterocycles. The third kappa shape index (κ3) is 2.54. The van der Waals surface area contributed by atoms with Crippen LogP contribution in [0, 0.1) is 6.92 Å². The number of carbonyl (C=O) groups is 1. The zero-order chi connectivity index (χ0) is 13.3. The summed E-state index contributed by atoms with van der Waals surface area (Å²) in [6, 6.07) is 8.32. The minimum Gasteiger partial charge on any atom is -0.462 e. The largest absolute Gasteiger partial charge is 0.462 e. The van der Waals surface area contributed by atoms with Crippen LogP contribution >= 0.6 is 0 Å². The summed E-state index contributed by atoms with van der Waals surface area (Å²) >= 11 is 0. The highest BCUT2D eigenvalue weighted by Gasteiger charge is 2.53. The highest BCUT2D eigenvalue weighted by molar-refractivity contribution is 5.86. The Balaban J connectivity index is 1.71. The lowest BCUT2D eigenvalue weighted by atomic mass is 9.93. The molecule has 2 saturated carbocycles. The average molecular weight is 258 g/mol. The van der Waals surface area contributed by atoms with E-state index in [2.05, 4.69) is 25.1 Å². The van der Waals surface area contributed by atoms with Crippen LogP contribution in [0.2, 0.25) is 0 Å². The molecule has 0 spiro atoms. The van der Waals surface area contributed by atoms with Gasteiger partial charge in [-0.15, -0.1) is 0 Å². The standard InChI is InChI=1S/C17H22O2/c1-13-6-5-7-14(12-13)17(10-11-17)16(18)19-15-8-3-2-4-9-15/h5-7,12,15H,2-4,8-11H2,1H3. The van der Waals surface area contributed by atoms with Crippen LogP contribution in [0.3, 0.4) is 0 Å². The summed E-state index contributed by atoms with van der Waals surface area (Å²) in [6.45, 7) is 2.08. The smallest absolute Gasteiger partial charge is 0.316 e. The molecule has 2 aliphatic rings. The van der Waals surface area contributed by atoms with Crippen LogP contribution in [0.5, 0.6) is 0 Å². The summed E-state index contributed by atoms with van der Waals surface area (Å²) < 4.78 is 5.77. The van der Waals surface area contributed by atoms with Crippen LogP contribution in [0.1, 0.15) is 56.1 Å². The van der Waals surface area contributed by atoms with Crippen LogP contribution < -0.4 is 0 Å². The van der Waals surface area contributed by atoms with Crippen molar-refractivity contribution in [2.45, 2.75) is 63.4 Å². The first-order valence-corrected chi connectivity index (χ1v) is 7.49. The van der Waals surface area contributed by atoms with E-state index in [4.69, 9.17) is 4.74 Å². The average Bonchev–Trinajstić information content (AvgIpc) is 3.21. The molecular weight excluding hydrogens is 236 g/mol. The van der Waals surface area contributed by atoms with Gasteiger partial charge in [0.05, 0.1) is 5.41 Å². The summed E-state index contributed by atoms with van der Waals surface area (Å²) in [6.07, 6.45) is 7.86. The summed E-state index contributed by atoms with van der Waals surface area (Å²) in [5.41, 5.74) is 2.05. The van der Waals surface area contributed by atoms with Crippen molar-refractivity contribution >= 4 is 5.97 Å². The third-order valence-corrected chi connectivity index (χ3v) is 4.54. The Labute approximate surface area is 115 Å². The minimum atomic E-state index is -0.316. The molecule has 0 N–H and O–H groups in total. The molecule has 0 unspecified atom stereocenters. The maximum atomic E-state index is 12.5. The lowest BCUT2D eigenvalue weighted by Gasteiger charge is -2.24. The summed E-state index contributed by atoms with van der Waals surface area (Å²) in [5, 5.41) is 0. The molecule has 3 rings (SSSR count). The van der Waals surface area contributed by atoms with E-state index < -0.39 is 0 Å². The van der Waals surface area contributed by atoms with Gasteiger partial charge in [0.15, 0.2) is 0 Å². The van der Waals surface area contributed by atoms with Gasteiger partial charge < -0.3 is 4.74 Å². The topological polar surface area (TPSA) is 26.3 Å². The molecule has 102 valence electrons. The van der Waals surface area contributed by atoms with Crippen LogP contribution in [0.25, 0.3) is 0 Å². The molecular formula is C17H22O2. The van der Waals surface area contributed by atoms with Gasteiger partial charge in [0.2, 0.25) is 0 Å². The lowest BCUT2D eigenvalue weighted by molar-refractivity contribution is -0.153. The highest BCUT2D eigenvalue weighted by atomic mass is 16.5. The van der Waals surface area contributed by atoms with E-state index in [1.54, 1.807) is 0 Å². The lowest BCUT2D eigenvalue weighted by Crippen LogP contribution is -2.29. The van der Waals surface area contributed by atoms with E-state index in [9.17, 15) is 4.79 Å². The number of hydrogen-bond donors (Lipinski definition) is 0. The molecule has 1 aromatic carbocycles. The van der Waals surface area contributed by atoms with Gasteiger partial charge in [0.1, 0.15) is 6.10 Å². The van der Waals surface area contributed by atoms with Crippen molar-refractivity contribution in [2.24, 2.45) is 0 Å². The Morgan fingerprint density at radius 1 is 1.21 bits per heavy atom. The molecule has 2 heteroatoms. The van der Waals surface area contributed by atoms with E-state index in [-0.39, 0.29) is 17.5 Å². The number of carbonyl (C=O) groups excluding carboxylic acids is 1. The maximum absolute atomic E-state index is 12.5. The van der Waals surface area contributed by atoms with E-state index >= 15 is 0 Å². The van der Waals surface area contributed by atoms with Gasteiger partial charge in [0.25, 0.3) is 0 Å². The molecule has 0 bridgehead atoms. The van der Waals surface area contributed by atoms with E-state index in [1.165, 1.54) is 24.8 Å². The Bertz CT molecular complexity index is 468.